The summed E-state index contributed by atoms with van der Waals surface area (Å²) < 4.78 is 7.43. The van der Waals surface area contributed by atoms with E-state index < -0.39 is 5.97 Å². The van der Waals surface area contributed by atoms with Crippen LogP contribution in [0, 0.1) is 6.92 Å². The lowest BCUT2D eigenvalue weighted by molar-refractivity contribution is 0.0697. The molecule has 30 heavy (non-hydrogen) atoms. The predicted octanol–water partition coefficient (Wildman–Crippen LogP) is 3.46. The number of H-pyrrole nitrogens is 1. The monoisotopic (exact) mass is 403 g/mol. The molecule has 0 saturated heterocycles. The molecule has 0 fully saturated rings. The van der Waals surface area contributed by atoms with Crippen molar-refractivity contribution in [3.63, 3.8) is 0 Å². The quantitative estimate of drug-likeness (QED) is 0.489. The highest BCUT2D eigenvalue weighted by Gasteiger charge is 2.16. The normalized spacial score (nSPS) is 10.9. The molecule has 0 radical (unpaired) electrons. The first kappa shape index (κ1) is 19.4. The van der Waals surface area contributed by atoms with E-state index in [0.717, 1.165) is 34.0 Å². The van der Waals surface area contributed by atoms with Gasteiger partial charge in [0.25, 0.3) is 0 Å². The number of nitrogens with zero attached hydrogens (tertiary/aromatic N) is 4. The summed E-state index contributed by atoms with van der Waals surface area (Å²) in [6.45, 7) is 1.92. The standard InChI is InChI=1S/C22H21N5O3/c1-14-13-16(22(28)29)5-10-19(14)27-17(7-12-21-23-25-26-24-21)6-11-20(27)15-3-8-18(30-2)9-4-15/h3-6,8-11,13H,7,12H2,1-2H3,(H,28,29)(H,23,24,25,26). The number of aromatic carboxylic acids is 1. The molecule has 0 amide bonds. The third-order valence-corrected chi connectivity index (χ3v) is 5.03. The lowest BCUT2D eigenvalue weighted by Gasteiger charge is -2.17. The van der Waals surface area contributed by atoms with Gasteiger partial charge in [-0.2, -0.15) is 5.21 Å². The molecule has 0 aliphatic rings. The van der Waals surface area contributed by atoms with Crippen LogP contribution in [-0.4, -0.2) is 43.4 Å². The van der Waals surface area contributed by atoms with Crippen LogP contribution in [-0.2, 0) is 12.8 Å². The highest BCUT2D eigenvalue weighted by atomic mass is 16.5. The summed E-state index contributed by atoms with van der Waals surface area (Å²) in [6, 6.07) is 17.2. The molecule has 4 rings (SSSR count). The number of nitrogens with one attached hydrogen (secondary N) is 1. The molecule has 2 N–H and O–H groups in total. The Hall–Kier alpha value is -3.94. The smallest absolute Gasteiger partial charge is 0.335 e. The van der Waals surface area contributed by atoms with Crippen molar-refractivity contribution in [3.8, 4) is 22.7 Å². The fourth-order valence-electron chi connectivity index (χ4n) is 3.51. The minimum atomic E-state index is -0.940. The van der Waals surface area contributed by atoms with E-state index in [1.165, 1.54) is 0 Å². The molecule has 2 aromatic heterocycles. The summed E-state index contributed by atoms with van der Waals surface area (Å²) in [5.74, 6) is 0.493. The first-order chi connectivity index (χ1) is 14.6. The predicted molar refractivity (Wildman–Crippen MR) is 111 cm³/mol. The van der Waals surface area contributed by atoms with Crippen LogP contribution in [0.2, 0.25) is 0 Å². The highest BCUT2D eigenvalue weighted by molar-refractivity contribution is 5.88. The fourth-order valence-corrected chi connectivity index (χ4v) is 3.51. The summed E-state index contributed by atoms with van der Waals surface area (Å²) in [5, 5.41) is 23.5. The molecule has 152 valence electrons. The number of ether oxygens (including phenoxy) is 1. The fraction of sp³-hybridized carbons (Fsp3) is 0.182. The Morgan fingerprint density at radius 2 is 1.90 bits per heavy atom. The van der Waals surface area contributed by atoms with Crippen LogP contribution in [0.4, 0.5) is 0 Å². The van der Waals surface area contributed by atoms with Crippen molar-refractivity contribution >= 4 is 5.97 Å². The number of hydrogen-bond acceptors (Lipinski definition) is 5. The van der Waals surface area contributed by atoms with Gasteiger partial charge in [0.15, 0.2) is 5.82 Å². The Kier molecular flexibility index (Phi) is 5.30. The summed E-state index contributed by atoms with van der Waals surface area (Å²) in [6.07, 6.45) is 1.34. The molecule has 0 bridgehead atoms. The molecule has 0 saturated carbocycles. The molecule has 8 nitrogen and oxygen atoms in total. The third-order valence-electron chi connectivity index (χ3n) is 5.03. The van der Waals surface area contributed by atoms with Gasteiger partial charge in [0, 0.05) is 17.8 Å². The van der Waals surface area contributed by atoms with E-state index in [9.17, 15) is 9.90 Å². The van der Waals surface area contributed by atoms with Gasteiger partial charge in [-0.05, 0) is 79.1 Å². The topological polar surface area (TPSA) is 106 Å². The van der Waals surface area contributed by atoms with Crippen LogP contribution in [0.25, 0.3) is 16.9 Å². The van der Waals surface area contributed by atoms with Gasteiger partial charge in [-0.25, -0.2) is 4.79 Å². The third kappa shape index (κ3) is 3.80. The number of aromatic amines is 1. The molecular formula is C22H21N5O3. The number of carboxylic acid groups (broad SMARTS) is 1. The Balaban J connectivity index is 1.79. The summed E-state index contributed by atoms with van der Waals surface area (Å²) >= 11 is 0. The summed E-state index contributed by atoms with van der Waals surface area (Å²) in [4.78, 5) is 11.4. The van der Waals surface area contributed by atoms with Crippen molar-refractivity contribution in [1.82, 2.24) is 25.2 Å². The number of aromatic nitrogens is 5. The highest BCUT2D eigenvalue weighted by Crippen LogP contribution is 2.30. The second-order valence-corrected chi connectivity index (χ2v) is 6.91. The number of benzene rings is 2. The van der Waals surface area contributed by atoms with Gasteiger partial charge in [-0.1, -0.05) is 5.21 Å². The Bertz CT molecular complexity index is 1160. The van der Waals surface area contributed by atoms with Crippen molar-refractivity contribution in [2.24, 2.45) is 0 Å². The lowest BCUT2D eigenvalue weighted by Crippen LogP contribution is -2.07. The number of carbonyl (C=O) groups is 1. The van der Waals surface area contributed by atoms with Crippen LogP contribution in [0.5, 0.6) is 5.75 Å². The van der Waals surface area contributed by atoms with E-state index in [1.807, 2.05) is 37.3 Å². The van der Waals surface area contributed by atoms with Gasteiger partial charge in [-0.3, -0.25) is 0 Å². The maximum atomic E-state index is 11.4. The molecule has 0 spiro atoms. The van der Waals surface area contributed by atoms with E-state index in [4.69, 9.17) is 4.74 Å². The van der Waals surface area contributed by atoms with E-state index in [1.54, 1.807) is 19.2 Å². The van der Waals surface area contributed by atoms with Crippen molar-refractivity contribution in [2.45, 2.75) is 19.8 Å². The SMILES string of the molecule is COc1ccc(-c2ccc(CCc3nn[nH]n3)n2-c2ccc(C(=O)O)cc2C)cc1. The number of aryl methyl sites for hydroxylation is 3. The first-order valence-electron chi connectivity index (χ1n) is 9.48. The van der Waals surface area contributed by atoms with Crippen molar-refractivity contribution in [3.05, 3.63) is 77.2 Å². The van der Waals surface area contributed by atoms with Gasteiger partial charge in [-0.15, -0.1) is 10.2 Å². The maximum absolute atomic E-state index is 11.4. The Morgan fingerprint density at radius 1 is 1.10 bits per heavy atom. The summed E-state index contributed by atoms with van der Waals surface area (Å²) in [5.41, 5.74) is 5.18. The van der Waals surface area contributed by atoms with Gasteiger partial charge < -0.3 is 14.4 Å². The zero-order valence-corrected chi connectivity index (χ0v) is 16.7. The molecule has 0 unspecified atom stereocenters. The second-order valence-electron chi connectivity index (χ2n) is 6.91. The van der Waals surface area contributed by atoms with Crippen LogP contribution in [0.3, 0.4) is 0 Å². The maximum Gasteiger partial charge on any atom is 0.335 e. The van der Waals surface area contributed by atoms with Crippen LogP contribution in [0.15, 0.2) is 54.6 Å². The largest absolute Gasteiger partial charge is 0.497 e. The zero-order valence-electron chi connectivity index (χ0n) is 16.7. The number of methoxy groups -OCH3 is 1. The molecule has 0 atom stereocenters. The average Bonchev–Trinajstić information content (AvgIpc) is 3.42. The number of tetrazole rings is 1. The van der Waals surface area contributed by atoms with Gasteiger partial charge in [0.05, 0.1) is 18.4 Å². The molecule has 0 aliphatic heterocycles. The molecular weight excluding hydrogens is 382 g/mol. The second kappa shape index (κ2) is 8.20. The minimum absolute atomic E-state index is 0.266. The molecule has 2 heterocycles. The van der Waals surface area contributed by atoms with E-state index in [-0.39, 0.29) is 5.56 Å². The van der Waals surface area contributed by atoms with E-state index in [0.29, 0.717) is 18.7 Å². The van der Waals surface area contributed by atoms with Crippen LogP contribution >= 0.6 is 0 Å². The molecule has 4 aromatic rings. The number of rotatable bonds is 7. The van der Waals surface area contributed by atoms with Crippen molar-refractivity contribution < 1.29 is 14.6 Å². The van der Waals surface area contributed by atoms with Gasteiger partial charge in [0.2, 0.25) is 0 Å². The summed E-state index contributed by atoms with van der Waals surface area (Å²) in [7, 11) is 1.64. The first-order valence-corrected chi connectivity index (χ1v) is 9.48. The number of carboxylic acids is 1. The molecule has 8 heteroatoms. The molecule has 0 aliphatic carbocycles. The van der Waals surface area contributed by atoms with Gasteiger partial charge in [0.1, 0.15) is 5.75 Å². The molecule has 2 aromatic carbocycles. The lowest BCUT2D eigenvalue weighted by atomic mass is 10.1. The van der Waals surface area contributed by atoms with E-state index >= 15 is 0 Å². The Labute approximate surface area is 173 Å². The average molecular weight is 403 g/mol. The number of hydrogen-bond donors (Lipinski definition) is 2. The van der Waals surface area contributed by atoms with Gasteiger partial charge >= 0.3 is 5.97 Å². The van der Waals surface area contributed by atoms with Crippen molar-refractivity contribution in [2.75, 3.05) is 7.11 Å². The Morgan fingerprint density at radius 3 is 2.53 bits per heavy atom. The van der Waals surface area contributed by atoms with Crippen molar-refractivity contribution in [1.29, 1.82) is 0 Å². The minimum Gasteiger partial charge on any atom is -0.497 e. The van der Waals surface area contributed by atoms with Crippen LogP contribution < -0.4 is 4.74 Å². The van der Waals surface area contributed by atoms with E-state index in [2.05, 4.69) is 37.3 Å². The zero-order chi connectivity index (χ0) is 21.1. The van der Waals surface area contributed by atoms with Crippen LogP contribution in [0.1, 0.15) is 27.4 Å².